The van der Waals surface area contributed by atoms with Crippen molar-refractivity contribution in [1.29, 1.82) is 0 Å². The van der Waals surface area contributed by atoms with Gasteiger partial charge in [-0.2, -0.15) is 0 Å². The smallest absolute Gasteiger partial charge is 0.330 e. The molecule has 0 aromatic carbocycles. The lowest BCUT2D eigenvalue weighted by molar-refractivity contribution is 0.622. The average molecular weight is 360 g/mol. The van der Waals surface area contributed by atoms with E-state index in [0.29, 0.717) is 28.9 Å². The first-order valence-electron chi connectivity index (χ1n) is 7.72. The zero-order valence-corrected chi connectivity index (χ0v) is 14.0. The summed E-state index contributed by atoms with van der Waals surface area (Å²) in [5.74, 6) is 0. The van der Waals surface area contributed by atoms with Crippen molar-refractivity contribution < 1.29 is 0 Å². The maximum atomic E-state index is 11.7. The Hall–Kier alpha value is -3.70. The molecule has 0 fully saturated rings. The van der Waals surface area contributed by atoms with Crippen molar-refractivity contribution in [3.8, 4) is 0 Å². The van der Waals surface area contributed by atoms with Crippen molar-refractivity contribution in [3.63, 3.8) is 0 Å². The van der Waals surface area contributed by atoms with Gasteiger partial charge in [-0.3, -0.25) is 28.7 Å². The SMILES string of the molecule is CCCn1c(=O)[nH]c2nc[nH]c2c1=O.Cn1c(=O)[nH]c2nc[nH]c2c1=O. The van der Waals surface area contributed by atoms with Crippen molar-refractivity contribution in [2.24, 2.45) is 7.05 Å². The normalized spacial score (nSPS) is 10.8. The highest BCUT2D eigenvalue weighted by Gasteiger charge is 2.07. The second kappa shape index (κ2) is 6.66. The van der Waals surface area contributed by atoms with Gasteiger partial charge in [0.25, 0.3) is 11.1 Å². The van der Waals surface area contributed by atoms with Crippen LogP contribution < -0.4 is 22.5 Å². The summed E-state index contributed by atoms with van der Waals surface area (Å²) >= 11 is 0. The summed E-state index contributed by atoms with van der Waals surface area (Å²) in [6.45, 7) is 2.33. The minimum absolute atomic E-state index is 0.295. The fraction of sp³-hybridized carbons (Fsp3) is 0.286. The molecule has 12 heteroatoms. The number of hydrogen-bond acceptors (Lipinski definition) is 6. The standard InChI is InChI=1S/C8H10N4O2.C6H6N4O2/c1-2-3-12-7(13)5-6(10-4-9-5)11-8(12)14;1-10-5(11)3-4(8-2-7-3)9-6(10)12/h4H,2-3H2,1H3,(H,9,10)(H,11,14);2H,1H3,(H,7,8)(H,9,12). The van der Waals surface area contributed by atoms with Crippen LogP contribution in [0.2, 0.25) is 0 Å². The molecule has 4 N–H and O–H groups in total. The summed E-state index contributed by atoms with van der Waals surface area (Å²) in [4.78, 5) is 63.2. The third-order valence-electron chi connectivity index (χ3n) is 3.70. The summed E-state index contributed by atoms with van der Waals surface area (Å²) in [5.41, 5.74) is -0.281. The van der Waals surface area contributed by atoms with E-state index in [1.165, 1.54) is 24.3 Å². The third-order valence-corrected chi connectivity index (χ3v) is 3.70. The molecule has 12 nitrogen and oxygen atoms in total. The largest absolute Gasteiger partial charge is 0.339 e. The van der Waals surface area contributed by atoms with Crippen LogP contribution in [0.5, 0.6) is 0 Å². The summed E-state index contributed by atoms with van der Waals surface area (Å²) in [6.07, 6.45) is 3.49. The van der Waals surface area contributed by atoms with Gasteiger partial charge in [0.1, 0.15) is 11.0 Å². The van der Waals surface area contributed by atoms with Crippen LogP contribution in [0.15, 0.2) is 31.8 Å². The van der Waals surface area contributed by atoms with Crippen molar-refractivity contribution in [2.75, 3.05) is 0 Å². The predicted octanol–water partition coefficient (Wildman–Crippen LogP) is -1.23. The lowest BCUT2D eigenvalue weighted by atomic mass is 10.4. The highest BCUT2D eigenvalue weighted by molar-refractivity contribution is 5.68. The van der Waals surface area contributed by atoms with E-state index >= 15 is 0 Å². The van der Waals surface area contributed by atoms with Gasteiger partial charge in [0.2, 0.25) is 0 Å². The van der Waals surface area contributed by atoms with Crippen LogP contribution >= 0.6 is 0 Å². The summed E-state index contributed by atoms with van der Waals surface area (Å²) in [5, 5.41) is 0. The minimum Gasteiger partial charge on any atom is -0.339 e. The molecule has 0 bridgehead atoms. The molecule has 0 aliphatic rings. The van der Waals surface area contributed by atoms with Crippen LogP contribution in [-0.2, 0) is 13.6 Å². The summed E-state index contributed by atoms with van der Waals surface area (Å²) < 4.78 is 2.15. The van der Waals surface area contributed by atoms with Gasteiger partial charge in [-0.05, 0) is 6.42 Å². The summed E-state index contributed by atoms with van der Waals surface area (Å²) in [6, 6.07) is 0. The monoisotopic (exact) mass is 360 g/mol. The van der Waals surface area contributed by atoms with Crippen LogP contribution in [0.25, 0.3) is 22.3 Å². The minimum atomic E-state index is -0.459. The zero-order chi connectivity index (χ0) is 18.8. The molecule has 26 heavy (non-hydrogen) atoms. The molecule has 0 saturated carbocycles. The molecule has 0 saturated heterocycles. The Labute approximate surface area is 143 Å². The predicted molar refractivity (Wildman–Crippen MR) is 93.2 cm³/mol. The number of imidazole rings is 2. The zero-order valence-electron chi connectivity index (χ0n) is 14.0. The van der Waals surface area contributed by atoms with Crippen molar-refractivity contribution in [3.05, 3.63) is 54.3 Å². The Balaban J connectivity index is 0.000000152. The van der Waals surface area contributed by atoms with E-state index in [9.17, 15) is 19.2 Å². The first-order chi connectivity index (χ1) is 12.4. The molecule has 0 amide bonds. The van der Waals surface area contributed by atoms with E-state index in [2.05, 4.69) is 29.9 Å². The first-order valence-corrected chi connectivity index (χ1v) is 7.72. The number of H-pyrrole nitrogens is 4. The molecule has 0 aliphatic carbocycles. The Morgan fingerprint density at radius 1 is 0.885 bits per heavy atom. The quantitative estimate of drug-likeness (QED) is 0.349. The molecule has 0 spiro atoms. The molecule has 0 aliphatic heterocycles. The van der Waals surface area contributed by atoms with Crippen LogP contribution in [0.1, 0.15) is 13.3 Å². The second-order valence-electron chi connectivity index (χ2n) is 5.43. The molecule has 136 valence electrons. The molecule has 0 unspecified atom stereocenters. The number of rotatable bonds is 2. The van der Waals surface area contributed by atoms with Gasteiger partial charge in [-0.25, -0.2) is 19.6 Å². The first kappa shape index (κ1) is 17.1. The second-order valence-corrected chi connectivity index (χ2v) is 5.43. The molecule has 0 atom stereocenters. The molecule has 0 radical (unpaired) electrons. The molecule has 4 heterocycles. The van der Waals surface area contributed by atoms with E-state index in [4.69, 9.17) is 0 Å². The fourth-order valence-corrected chi connectivity index (χ4v) is 2.37. The number of hydrogen-bond donors (Lipinski definition) is 4. The van der Waals surface area contributed by atoms with E-state index in [1.54, 1.807) is 0 Å². The molecule has 4 aromatic rings. The van der Waals surface area contributed by atoms with Crippen molar-refractivity contribution in [2.45, 2.75) is 19.9 Å². The van der Waals surface area contributed by atoms with Crippen molar-refractivity contribution >= 4 is 22.3 Å². The van der Waals surface area contributed by atoms with Gasteiger partial charge in [0.05, 0.1) is 12.7 Å². The van der Waals surface area contributed by atoms with Crippen LogP contribution in [-0.4, -0.2) is 39.0 Å². The maximum Gasteiger partial charge on any atom is 0.330 e. The van der Waals surface area contributed by atoms with Gasteiger partial charge >= 0.3 is 11.4 Å². The number of aromatic amines is 4. The number of aromatic nitrogens is 8. The van der Waals surface area contributed by atoms with Gasteiger partial charge in [0.15, 0.2) is 11.3 Å². The van der Waals surface area contributed by atoms with Crippen LogP contribution in [0.4, 0.5) is 0 Å². The summed E-state index contributed by atoms with van der Waals surface area (Å²) in [7, 11) is 1.40. The topological polar surface area (TPSA) is 167 Å². The van der Waals surface area contributed by atoms with E-state index in [0.717, 1.165) is 11.0 Å². The number of fused-ring (bicyclic) bond motifs is 2. The maximum absolute atomic E-state index is 11.7. The van der Waals surface area contributed by atoms with E-state index in [-0.39, 0.29) is 11.1 Å². The lowest BCUT2D eigenvalue weighted by Crippen LogP contribution is -2.34. The Morgan fingerprint density at radius 3 is 2.00 bits per heavy atom. The van der Waals surface area contributed by atoms with E-state index < -0.39 is 11.4 Å². The molecule has 4 rings (SSSR count). The van der Waals surface area contributed by atoms with Crippen LogP contribution in [0.3, 0.4) is 0 Å². The Morgan fingerprint density at radius 2 is 1.42 bits per heavy atom. The van der Waals surface area contributed by atoms with Gasteiger partial charge < -0.3 is 9.97 Å². The van der Waals surface area contributed by atoms with E-state index in [1.807, 2.05) is 6.92 Å². The Kier molecular flexibility index (Phi) is 4.39. The van der Waals surface area contributed by atoms with Crippen molar-refractivity contribution in [1.82, 2.24) is 39.0 Å². The van der Waals surface area contributed by atoms with Gasteiger partial charge in [0, 0.05) is 13.6 Å². The molecule has 4 aromatic heterocycles. The average Bonchev–Trinajstić information content (AvgIpc) is 3.26. The third kappa shape index (κ3) is 2.87. The molecular formula is C14H16N8O4. The highest BCUT2D eigenvalue weighted by atomic mass is 16.2. The van der Waals surface area contributed by atoms with Gasteiger partial charge in [-0.15, -0.1) is 0 Å². The number of nitrogens with one attached hydrogen (secondary N) is 4. The fourth-order valence-electron chi connectivity index (χ4n) is 2.37. The highest BCUT2D eigenvalue weighted by Crippen LogP contribution is 1.95. The molecular weight excluding hydrogens is 344 g/mol. The lowest BCUT2D eigenvalue weighted by Gasteiger charge is -2.00. The van der Waals surface area contributed by atoms with Gasteiger partial charge in [-0.1, -0.05) is 6.92 Å². The van der Waals surface area contributed by atoms with Crippen LogP contribution in [0, 0.1) is 0 Å². The number of nitrogens with zero attached hydrogens (tertiary/aromatic N) is 4. The Bertz CT molecular complexity index is 1300.